The van der Waals surface area contributed by atoms with Crippen LogP contribution >= 0.6 is 0 Å². The molecule has 0 aromatic heterocycles. The Kier molecular flexibility index (Phi) is 2.17. The normalized spacial score (nSPS) is 22.6. The van der Waals surface area contributed by atoms with Gasteiger partial charge in [-0.1, -0.05) is 18.2 Å². The molecule has 1 aliphatic heterocycles. The van der Waals surface area contributed by atoms with Gasteiger partial charge in [0, 0.05) is 18.9 Å². The lowest BCUT2D eigenvalue weighted by Crippen LogP contribution is -2.37. The fraction of sp³-hybridized carbons (Fsp3) is 0.273. The highest BCUT2D eigenvalue weighted by molar-refractivity contribution is 5.50. The number of rotatable bonds is 1. The molecule has 2 rings (SSSR count). The van der Waals surface area contributed by atoms with E-state index < -0.39 is 0 Å². The van der Waals surface area contributed by atoms with Gasteiger partial charge in [-0.3, -0.25) is 5.01 Å². The summed E-state index contributed by atoms with van der Waals surface area (Å²) in [6.07, 6.45) is 1.97. The van der Waals surface area contributed by atoms with Crippen molar-refractivity contribution in [1.82, 2.24) is 5.01 Å². The maximum Gasteiger partial charge on any atom is 0.0675 e. The van der Waals surface area contributed by atoms with Gasteiger partial charge in [-0.15, -0.1) is 0 Å². The van der Waals surface area contributed by atoms with E-state index in [1.54, 1.807) is 0 Å². The molecule has 0 aliphatic carbocycles. The number of hydrogen-bond donors (Lipinski definition) is 1. The van der Waals surface area contributed by atoms with E-state index in [9.17, 15) is 0 Å². The molecule has 0 saturated heterocycles. The molecule has 14 heavy (non-hydrogen) atoms. The van der Waals surface area contributed by atoms with Gasteiger partial charge in [-0.05, 0) is 19.1 Å². The lowest BCUT2D eigenvalue weighted by Gasteiger charge is -2.28. The van der Waals surface area contributed by atoms with Crippen LogP contribution in [0.3, 0.4) is 0 Å². The van der Waals surface area contributed by atoms with Crippen LogP contribution in [0.1, 0.15) is 6.92 Å². The van der Waals surface area contributed by atoms with Crippen molar-refractivity contribution in [2.24, 2.45) is 5.73 Å². The van der Waals surface area contributed by atoms with Crippen molar-refractivity contribution in [3.05, 3.63) is 42.2 Å². The zero-order chi connectivity index (χ0) is 10.1. The molecule has 0 amide bonds. The molecule has 1 aromatic carbocycles. The van der Waals surface area contributed by atoms with Crippen molar-refractivity contribution in [1.29, 1.82) is 0 Å². The Bertz CT molecular complexity index is 345. The van der Waals surface area contributed by atoms with Crippen molar-refractivity contribution >= 4 is 5.69 Å². The van der Waals surface area contributed by atoms with Crippen LogP contribution in [0.25, 0.3) is 0 Å². The predicted molar refractivity (Wildman–Crippen MR) is 58.4 cm³/mol. The number of hydrazine groups is 1. The minimum Gasteiger partial charge on any atom is -0.399 e. The monoisotopic (exact) mass is 189 g/mol. The summed E-state index contributed by atoms with van der Waals surface area (Å²) < 4.78 is 0. The van der Waals surface area contributed by atoms with Crippen LogP contribution in [0.4, 0.5) is 5.69 Å². The van der Waals surface area contributed by atoms with E-state index in [4.69, 9.17) is 5.73 Å². The Morgan fingerprint density at radius 1 is 1.21 bits per heavy atom. The minimum absolute atomic E-state index is 0.273. The standard InChI is InChI=1S/C11H15N3/c1-9-11(12)8-14(13(9)2)10-6-4-3-5-7-10/h3-9H,12H2,1-2H3. The van der Waals surface area contributed by atoms with Gasteiger partial charge in [0.1, 0.15) is 0 Å². The third-order valence-corrected chi connectivity index (χ3v) is 2.67. The molecule has 0 fully saturated rings. The second-order valence-electron chi connectivity index (χ2n) is 3.56. The topological polar surface area (TPSA) is 32.5 Å². The average Bonchev–Trinajstić information content (AvgIpc) is 2.47. The summed E-state index contributed by atoms with van der Waals surface area (Å²) in [7, 11) is 2.04. The summed E-state index contributed by atoms with van der Waals surface area (Å²) in [4.78, 5) is 0. The number of anilines is 1. The maximum absolute atomic E-state index is 5.87. The quantitative estimate of drug-likeness (QED) is 0.727. The summed E-state index contributed by atoms with van der Waals surface area (Å²) >= 11 is 0. The Hall–Kier alpha value is -1.48. The first-order valence-electron chi connectivity index (χ1n) is 4.74. The second kappa shape index (κ2) is 3.35. The third-order valence-electron chi connectivity index (χ3n) is 2.67. The molecule has 0 radical (unpaired) electrons. The number of likely N-dealkylation sites (N-methyl/N-ethyl adjacent to an activating group) is 1. The SMILES string of the molecule is CC1C(N)=CN(c2ccccc2)N1C. The summed E-state index contributed by atoms with van der Waals surface area (Å²) in [5.41, 5.74) is 7.91. The lowest BCUT2D eigenvalue weighted by molar-refractivity contribution is 0.314. The molecule has 1 atom stereocenters. The molecule has 74 valence electrons. The van der Waals surface area contributed by atoms with Crippen molar-refractivity contribution in [2.75, 3.05) is 12.1 Å². The van der Waals surface area contributed by atoms with Gasteiger partial charge in [0.2, 0.25) is 0 Å². The predicted octanol–water partition coefficient (Wildman–Crippen LogP) is 1.54. The van der Waals surface area contributed by atoms with Gasteiger partial charge >= 0.3 is 0 Å². The smallest absolute Gasteiger partial charge is 0.0675 e. The van der Waals surface area contributed by atoms with Crippen molar-refractivity contribution < 1.29 is 0 Å². The van der Waals surface area contributed by atoms with Crippen molar-refractivity contribution in [3.8, 4) is 0 Å². The molecule has 0 bridgehead atoms. The van der Waals surface area contributed by atoms with E-state index in [0.717, 1.165) is 11.4 Å². The van der Waals surface area contributed by atoms with Crippen LogP contribution in [0.2, 0.25) is 0 Å². The molecular formula is C11H15N3. The molecule has 1 aliphatic rings. The van der Waals surface area contributed by atoms with Gasteiger partial charge in [0.05, 0.1) is 11.7 Å². The zero-order valence-electron chi connectivity index (χ0n) is 8.51. The van der Waals surface area contributed by atoms with Crippen LogP contribution in [0.15, 0.2) is 42.2 Å². The summed E-state index contributed by atoms with van der Waals surface area (Å²) in [6.45, 7) is 2.09. The Balaban J connectivity index is 2.30. The first kappa shape index (κ1) is 9.09. The molecule has 1 aromatic rings. The molecule has 2 N–H and O–H groups in total. The minimum atomic E-state index is 0.273. The first-order chi connectivity index (χ1) is 6.70. The number of nitrogens with zero attached hydrogens (tertiary/aromatic N) is 2. The van der Waals surface area contributed by atoms with Crippen LogP contribution in [0, 0.1) is 0 Å². The highest BCUT2D eigenvalue weighted by atomic mass is 15.6. The molecular weight excluding hydrogens is 174 g/mol. The fourth-order valence-electron chi connectivity index (χ4n) is 1.58. The van der Waals surface area contributed by atoms with Gasteiger partial charge in [0.25, 0.3) is 0 Å². The van der Waals surface area contributed by atoms with Crippen LogP contribution < -0.4 is 10.7 Å². The van der Waals surface area contributed by atoms with Crippen LogP contribution in [0.5, 0.6) is 0 Å². The summed E-state index contributed by atoms with van der Waals surface area (Å²) in [5, 5.41) is 4.19. The molecule has 1 heterocycles. The molecule has 3 heteroatoms. The second-order valence-corrected chi connectivity index (χ2v) is 3.56. The van der Waals surface area contributed by atoms with E-state index in [0.29, 0.717) is 0 Å². The Morgan fingerprint density at radius 2 is 1.86 bits per heavy atom. The van der Waals surface area contributed by atoms with Crippen molar-refractivity contribution in [3.63, 3.8) is 0 Å². The number of benzene rings is 1. The highest BCUT2D eigenvalue weighted by Gasteiger charge is 2.25. The van der Waals surface area contributed by atoms with Crippen LogP contribution in [-0.2, 0) is 0 Å². The Labute approximate surface area is 84.4 Å². The fourth-order valence-corrected chi connectivity index (χ4v) is 1.58. The lowest BCUT2D eigenvalue weighted by atomic mass is 10.3. The summed E-state index contributed by atoms with van der Waals surface area (Å²) in [6, 6.07) is 10.5. The largest absolute Gasteiger partial charge is 0.399 e. The average molecular weight is 189 g/mol. The first-order valence-corrected chi connectivity index (χ1v) is 4.74. The van der Waals surface area contributed by atoms with Gasteiger partial charge in [0.15, 0.2) is 0 Å². The van der Waals surface area contributed by atoms with Crippen LogP contribution in [-0.4, -0.2) is 18.1 Å². The van der Waals surface area contributed by atoms with E-state index >= 15 is 0 Å². The molecule has 3 nitrogen and oxygen atoms in total. The molecule has 0 spiro atoms. The highest BCUT2D eigenvalue weighted by Crippen LogP contribution is 2.24. The maximum atomic E-state index is 5.87. The van der Waals surface area contributed by atoms with E-state index in [1.807, 2.05) is 31.4 Å². The van der Waals surface area contributed by atoms with Gasteiger partial charge in [-0.2, -0.15) is 0 Å². The van der Waals surface area contributed by atoms with E-state index in [2.05, 4.69) is 29.1 Å². The summed E-state index contributed by atoms with van der Waals surface area (Å²) in [5.74, 6) is 0. The number of nitrogens with two attached hydrogens (primary N) is 1. The Morgan fingerprint density at radius 3 is 2.36 bits per heavy atom. The van der Waals surface area contributed by atoms with E-state index in [1.165, 1.54) is 0 Å². The van der Waals surface area contributed by atoms with Crippen molar-refractivity contribution in [2.45, 2.75) is 13.0 Å². The number of hydrogen-bond acceptors (Lipinski definition) is 3. The molecule has 0 saturated carbocycles. The van der Waals surface area contributed by atoms with Gasteiger partial charge < -0.3 is 5.73 Å². The van der Waals surface area contributed by atoms with Gasteiger partial charge in [-0.25, -0.2) is 5.01 Å². The zero-order valence-corrected chi connectivity index (χ0v) is 8.51. The van der Waals surface area contributed by atoms with E-state index in [-0.39, 0.29) is 6.04 Å². The number of para-hydroxylation sites is 1. The third kappa shape index (κ3) is 1.36. The molecule has 1 unspecified atom stereocenters.